The average molecular weight is 501 g/mol. The van der Waals surface area contributed by atoms with E-state index in [-0.39, 0.29) is 11.8 Å². The number of nitrogens with one attached hydrogen (secondary N) is 2. The largest absolute Gasteiger partial charge is 0.356 e. The van der Waals surface area contributed by atoms with Crippen LogP contribution in [0.2, 0.25) is 0 Å². The van der Waals surface area contributed by atoms with Gasteiger partial charge in [0.2, 0.25) is 11.8 Å². The summed E-state index contributed by atoms with van der Waals surface area (Å²) in [5.74, 6) is 12.3. The van der Waals surface area contributed by atoms with Crippen LogP contribution < -0.4 is 10.6 Å². The number of hydrogen-bond donors (Lipinski definition) is 2. The Balaban J connectivity index is 3.44. The fourth-order valence-electron chi connectivity index (χ4n) is 4.01. The average Bonchev–Trinajstić information content (AvgIpc) is 2.87. The first kappa shape index (κ1) is 34.1. The van der Waals surface area contributed by atoms with Gasteiger partial charge in [0.25, 0.3) is 0 Å². The molecular weight excluding hydrogens is 444 g/mol. The summed E-state index contributed by atoms with van der Waals surface area (Å²) >= 11 is 0. The molecule has 0 fully saturated rings. The molecule has 0 aromatic heterocycles. The molecule has 4 heteroatoms. The van der Waals surface area contributed by atoms with E-state index in [1.807, 2.05) is 0 Å². The molecule has 0 saturated carbocycles. The Bertz CT molecular complexity index is 580. The van der Waals surface area contributed by atoms with Crippen LogP contribution in [0.1, 0.15) is 155 Å². The Morgan fingerprint density at radius 1 is 0.472 bits per heavy atom. The molecule has 0 aliphatic heterocycles. The lowest BCUT2D eigenvalue weighted by atomic mass is 10.1. The predicted molar refractivity (Wildman–Crippen MR) is 154 cm³/mol. The first-order valence-electron chi connectivity index (χ1n) is 15.2. The zero-order chi connectivity index (χ0) is 26.4. The second-order valence-corrected chi connectivity index (χ2v) is 9.96. The van der Waals surface area contributed by atoms with Crippen LogP contribution in [-0.2, 0) is 9.59 Å². The van der Waals surface area contributed by atoms with E-state index in [2.05, 4.69) is 48.2 Å². The zero-order valence-corrected chi connectivity index (χ0v) is 23.8. The molecule has 36 heavy (non-hydrogen) atoms. The summed E-state index contributed by atoms with van der Waals surface area (Å²) in [5, 5.41) is 6.05. The lowest BCUT2D eigenvalue weighted by Gasteiger charge is -2.05. The molecule has 4 nitrogen and oxygen atoms in total. The molecule has 0 saturated heterocycles. The van der Waals surface area contributed by atoms with Crippen LogP contribution in [0.25, 0.3) is 0 Å². The molecule has 0 aromatic carbocycles. The van der Waals surface area contributed by atoms with E-state index in [1.165, 1.54) is 77.0 Å². The number of amides is 2. The Kier molecular flexibility index (Phi) is 27.7. The maximum atomic E-state index is 11.8. The minimum absolute atomic E-state index is 0.167. The first-order chi connectivity index (χ1) is 17.7. The topological polar surface area (TPSA) is 58.2 Å². The molecule has 0 radical (unpaired) electrons. The monoisotopic (exact) mass is 500 g/mol. The molecule has 0 aliphatic rings. The van der Waals surface area contributed by atoms with Crippen LogP contribution in [0, 0.1) is 23.7 Å². The van der Waals surface area contributed by atoms with Gasteiger partial charge in [-0.2, -0.15) is 0 Å². The van der Waals surface area contributed by atoms with E-state index < -0.39 is 0 Å². The lowest BCUT2D eigenvalue weighted by Crippen LogP contribution is -2.23. The molecule has 0 bridgehead atoms. The SMILES string of the molecule is CCCCCCCCCNC(=O)CCCCC#CC#CCCCCC(=O)NCCCCCCCCC. The third kappa shape index (κ3) is 28.3. The molecule has 0 aliphatic carbocycles. The van der Waals surface area contributed by atoms with Crippen molar-refractivity contribution in [2.24, 2.45) is 0 Å². The number of unbranched alkanes of at least 4 members (excludes halogenated alkanes) is 16. The third-order valence-corrected chi connectivity index (χ3v) is 6.36. The van der Waals surface area contributed by atoms with E-state index in [0.717, 1.165) is 64.5 Å². The fourth-order valence-corrected chi connectivity index (χ4v) is 4.01. The van der Waals surface area contributed by atoms with Crippen LogP contribution in [0.3, 0.4) is 0 Å². The summed E-state index contributed by atoms with van der Waals surface area (Å²) in [7, 11) is 0. The van der Waals surface area contributed by atoms with Gasteiger partial charge in [-0.25, -0.2) is 0 Å². The molecule has 206 valence electrons. The van der Waals surface area contributed by atoms with Crippen LogP contribution in [0.15, 0.2) is 0 Å². The molecule has 0 heterocycles. The molecule has 2 N–H and O–H groups in total. The fraction of sp³-hybridized carbons (Fsp3) is 0.812. The highest BCUT2D eigenvalue weighted by Gasteiger charge is 2.01. The lowest BCUT2D eigenvalue weighted by molar-refractivity contribution is -0.122. The van der Waals surface area contributed by atoms with E-state index in [4.69, 9.17) is 0 Å². The van der Waals surface area contributed by atoms with Crippen molar-refractivity contribution in [1.29, 1.82) is 0 Å². The van der Waals surface area contributed by atoms with Gasteiger partial charge in [-0.3, -0.25) is 9.59 Å². The minimum atomic E-state index is 0.167. The first-order valence-corrected chi connectivity index (χ1v) is 15.2. The van der Waals surface area contributed by atoms with Gasteiger partial charge in [0.05, 0.1) is 0 Å². The maximum Gasteiger partial charge on any atom is 0.219 e. The molecule has 0 unspecified atom stereocenters. The summed E-state index contributed by atoms with van der Waals surface area (Å²) in [6.45, 7) is 6.10. The van der Waals surface area contributed by atoms with Gasteiger partial charge < -0.3 is 10.6 Å². The third-order valence-electron chi connectivity index (χ3n) is 6.36. The molecule has 0 rings (SSSR count). The molecule has 0 atom stereocenters. The van der Waals surface area contributed by atoms with E-state index in [0.29, 0.717) is 12.8 Å². The quantitative estimate of drug-likeness (QED) is 0.105. The van der Waals surface area contributed by atoms with Crippen molar-refractivity contribution in [3.8, 4) is 23.7 Å². The normalized spacial score (nSPS) is 10.2. The standard InChI is InChI=1S/C32H56N2O2/c1-3-5-7-9-17-21-25-29-33-31(35)27-23-19-15-13-11-12-14-16-20-24-28-32(36)34-30-26-22-18-10-8-6-4-2/h3-10,15-30H2,1-2H3,(H,33,35)(H,34,36). The highest BCUT2D eigenvalue weighted by molar-refractivity contribution is 5.76. The second-order valence-electron chi connectivity index (χ2n) is 9.96. The minimum Gasteiger partial charge on any atom is -0.356 e. The highest BCUT2D eigenvalue weighted by atomic mass is 16.2. The van der Waals surface area contributed by atoms with E-state index in [9.17, 15) is 9.59 Å². The van der Waals surface area contributed by atoms with Crippen molar-refractivity contribution in [3.63, 3.8) is 0 Å². The van der Waals surface area contributed by atoms with E-state index in [1.54, 1.807) is 0 Å². The van der Waals surface area contributed by atoms with Crippen LogP contribution in [-0.4, -0.2) is 24.9 Å². The Morgan fingerprint density at radius 2 is 0.833 bits per heavy atom. The van der Waals surface area contributed by atoms with Crippen LogP contribution in [0.5, 0.6) is 0 Å². The van der Waals surface area contributed by atoms with Crippen molar-refractivity contribution in [3.05, 3.63) is 0 Å². The van der Waals surface area contributed by atoms with Crippen molar-refractivity contribution in [2.45, 2.75) is 155 Å². The van der Waals surface area contributed by atoms with Gasteiger partial charge in [-0.1, -0.05) is 103 Å². The number of hydrogen-bond acceptors (Lipinski definition) is 2. The van der Waals surface area contributed by atoms with Crippen LogP contribution >= 0.6 is 0 Å². The van der Waals surface area contributed by atoms with Crippen molar-refractivity contribution >= 4 is 11.8 Å². The number of carbonyl (C=O) groups excluding carboxylic acids is 2. The van der Waals surface area contributed by atoms with E-state index >= 15 is 0 Å². The zero-order valence-electron chi connectivity index (χ0n) is 23.8. The van der Waals surface area contributed by atoms with Gasteiger partial charge in [0, 0.05) is 38.8 Å². The Hall–Kier alpha value is -1.94. The molecule has 0 spiro atoms. The summed E-state index contributed by atoms with van der Waals surface area (Å²) in [6, 6.07) is 0. The van der Waals surface area contributed by atoms with Gasteiger partial charge in [-0.15, -0.1) is 0 Å². The molecule has 0 aromatic rings. The Labute approximate surface area is 223 Å². The smallest absolute Gasteiger partial charge is 0.219 e. The van der Waals surface area contributed by atoms with Crippen molar-refractivity contribution in [1.82, 2.24) is 10.6 Å². The second kappa shape index (κ2) is 29.3. The Morgan fingerprint density at radius 3 is 1.22 bits per heavy atom. The van der Waals surface area contributed by atoms with Crippen molar-refractivity contribution in [2.75, 3.05) is 13.1 Å². The van der Waals surface area contributed by atoms with Gasteiger partial charge in [0.15, 0.2) is 0 Å². The van der Waals surface area contributed by atoms with Gasteiger partial charge >= 0.3 is 0 Å². The summed E-state index contributed by atoms with van der Waals surface area (Å²) in [6.07, 6.45) is 24.2. The summed E-state index contributed by atoms with van der Waals surface area (Å²) in [5.41, 5.74) is 0. The van der Waals surface area contributed by atoms with Gasteiger partial charge in [0.1, 0.15) is 0 Å². The predicted octanol–water partition coefficient (Wildman–Crippen LogP) is 7.85. The number of carbonyl (C=O) groups is 2. The van der Waals surface area contributed by atoms with Gasteiger partial charge in [-0.05, 0) is 50.4 Å². The maximum absolute atomic E-state index is 11.8. The highest BCUT2D eigenvalue weighted by Crippen LogP contribution is 2.07. The molecule has 2 amide bonds. The summed E-state index contributed by atoms with van der Waals surface area (Å²) in [4.78, 5) is 23.7. The number of rotatable bonds is 24. The summed E-state index contributed by atoms with van der Waals surface area (Å²) < 4.78 is 0. The molecular formula is C32H56N2O2. The van der Waals surface area contributed by atoms with Crippen LogP contribution in [0.4, 0.5) is 0 Å². The van der Waals surface area contributed by atoms with Crippen molar-refractivity contribution < 1.29 is 9.59 Å².